The molecule has 4 heterocycles. The fourth-order valence-electron chi connectivity index (χ4n) is 4.77. The molecule has 0 saturated carbocycles. The molecule has 5 aromatic rings. The monoisotopic (exact) mass is 569 g/mol. The molecular formula is C30H35N9O3. The van der Waals surface area contributed by atoms with Crippen LogP contribution in [-0.4, -0.2) is 81.3 Å². The first-order chi connectivity index (χ1) is 20.2. The van der Waals surface area contributed by atoms with Gasteiger partial charge in [0.2, 0.25) is 11.9 Å². The average Bonchev–Trinajstić information content (AvgIpc) is 3.58. The topological polar surface area (TPSA) is 126 Å². The summed E-state index contributed by atoms with van der Waals surface area (Å²) in [6.45, 7) is 4.89. The number of benzene rings is 1. The second kappa shape index (κ2) is 11.9. The number of hydrogen-bond donors (Lipinski definition) is 3. The third kappa shape index (κ3) is 5.62. The standard InChI is InChI=1S/C30H35N9O3/c1-7-26(41)32-22-15-23(25(42-6)16-24(22)37(4)13-12-36(2)3)33-30-34-27(21-9-11-39(18-40)29(21)35-30)20-14-19-8-10-38(5)28(19)31-17-20/h7-11,14-17,40H,1,12-13,18H2,2-6H3,(H,32,41)(H,33,34,35). The van der Waals surface area contributed by atoms with Gasteiger partial charge in [0.05, 0.1) is 29.9 Å². The zero-order valence-corrected chi connectivity index (χ0v) is 24.4. The highest BCUT2D eigenvalue weighted by Gasteiger charge is 2.19. The van der Waals surface area contributed by atoms with Crippen LogP contribution in [0.4, 0.5) is 23.0 Å². The lowest BCUT2D eigenvalue weighted by Crippen LogP contribution is -2.29. The van der Waals surface area contributed by atoms with E-state index in [0.29, 0.717) is 28.5 Å². The van der Waals surface area contributed by atoms with Gasteiger partial charge < -0.3 is 39.4 Å². The van der Waals surface area contributed by atoms with Crippen LogP contribution < -0.4 is 20.3 Å². The van der Waals surface area contributed by atoms with Crippen molar-refractivity contribution in [2.45, 2.75) is 6.73 Å². The van der Waals surface area contributed by atoms with Gasteiger partial charge in [0.1, 0.15) is 23.8 Å². The number of methoxy groups -OCH3 is 1. The molecule has 0 atom stereocenters. The van der Waals surface area contributed by atoms with Crippen molar-refractivity contribution >= 4 is 51.0 Å². The number of pyridine rings is 1. The third-order valence-corrected chi connectivity index (χ3v) is 7.05. The first kappa shape index (κ1) is 28.6. The van der Waals surface area contributed by atoms with Crippen molar-refractivity contribution in [2.24, 2.45) is 7.05 Å². The molecule has 0 aliphatic carbocycles. The van der Waals surface area contributed by atoms with Crippen molar-refractivity contribution in [3.05, 3.63) is 61.6 Å². The molecule has 0 saturated heterocycles. The van der Waals surface area contributed by atoms with Crippen LogP contribution in [0.2, 0.25) is 0 Å². The fraction of sp³-hybridized carbons (Fsp3) is 0.267. The summed E-state index contributed by atoms with van der Waals surface area (Å²) in [6.07, 6.45) is 6.74. The van der Waals surface area contributed by atoms with Gasteiger partial charge in [-0.1, -0.05) is 6.58 Å². The number of aliphatic hydroxyl groups excluding tert-OH is 1. The molecular weight excluding hydrogens is 534 g/mol. The molecule has 0 bridgehead atoms. The molecule has 0 fully saturated rings. The van der Waals surface area contributed by atoms with Crippen LogP contribution in [0.3, 0.4) is 0 Å². The molecule has 0 aliphatic heterocycles. The predicted octanol–water partition coefficient (Wildman–Crippen LogP) is 3.81. The number of nitrogens with one attached hydrogen (secondary N) is 2. The summed E-state index contributed by atoms with van der Waals surface area (Å²) in [4.78, 5) is 30.7. The maximum atomic E-state index is 12.4. The second-order valence-corrected chi connectivity index (χ2v) is 10.2. The molecule has 1 aromatic carbocycles. The van der Waals surface area contributed by atoms with Crippen LogP contribution in [-0.2, 0) is 18.6 Å². The Hall–Kier alpha value is -4.94. The van der Waals surface area contributed by atoms with Crippen LogP contribution in [0.5, 0.6) is 5.75 Å². The molecule has 12 nitrogen and oxygen atoms in total. The van der Waals surface area contributed by atoms with Gasteiger partial charge in [-0.05, 0) is 44.4 Å². The van der Waals surface area contributed by atoms with Gasteiger partial charge in [-0.3, -0.25) is 4.79 Å². The van der Waals surface area contributed by atoms with Gasteiger partial charge in [0, 0.05) is 68.2 Å². The minimum Gasteiger partial charge on any atom is -0.494 e. The van der Waals surface area contributed by atoms with Crippen molar-refractivity contribution in [2.75, 3.05) is 56.9 Å². The maximum Gasteiger partial charge on any atom is 0.247 e. The molecule has 0 aliphatic rings. The van der Waals surface area contributed by atoms with E-state index in [-0.39, 0.29) is 18.6 Å². The quantitative estimate of drug-likeness (QED) is 0.204. The van der Waals surface area contributed by atoms with Crippen LogP contribution in [0, 0.1) is 0 Å². The summed E-state index contributed by atoms with van der Waals surface area (Å²) in [5.74, 6) is 0.485. The van der Waals surface area contributed by atoms with Crippen molar-refractivity contribution in [3.8, 4) is 17.0 Å². The Morgan fingerprint density at radius 2 is 1.90 bits per heavy atom. The zero-order valence-electron chi connectivity index (χ0n) is 24.4. The SMILES string of the molecule is C=CC(=O)Nc1cc(Nc2nc(-c3cnc4c(ccn4C)c3)c3ccn(CO)c3n2)c(OC)cc1N(C)CCN(C)C. The summed E-state index contributed by atoms with van der Waals surface area (Å²) in [6, 6.07) is 9.56. The normalized spacial score (nSPS) is 11.3. The lowest BCUT2D eigenvalue weighted by atomic mass is 10.1. The Kier molecular flexibility index (Phi) is 8.09. The highest BCUT2D eigenvalue weighted by atomic mass is 16.5. The van der Waals surface area contributed by atoms with Crippen LogP contribution in [0.1, 0.15) is 0 Å². The van der Waals surface area contributed by atoms with Gasteiger partial charge in [0.15, 0.2) is 0 Å². The number of hydrogen-bond acceptors (Lipinski definition) is 9. The smallest absolute Gasteiger partial charge is 0.247 e. The molecule has 12 heteroatoms. The number of carbonyl (C=O) groups is 1. The van der Waals surface area contributed by atoms with E-state index >= 15 is 0 Å². The maximum absolute atomic E-state index is 12.4. The number of carbonyl (C=O) groups excluding carboxylic acids is 1. The Bertz CT molecular complexity index is 1770. The molecule has 0 unspecified atom stereocenters. The van der Waals surface area contributed by atoms with E-state index in [1.165, 1.54) is 6.08 Å². The van der Waals surface area contributed by atoms with Gasteiger partial charge in [-0.25, -0.2) is 9.97 Å². The third-order valence-electron chi connectivity index (χ3n) is 7.05. The largest absolute Gasteiger partial charge is 0.494 e. The Balaban J connectivity index is 1.61. The van der Waals surface area contributed by atoms with E-state index < -0.39 is 0 Å². The first-order valence-corrected chi connectivity index (χ1v) is 13.4. The van der Waals surface area contributed by atoms with E-state index in [1.807, 2.05) is 68.1 Å². The predicted molar refractivity (Wildman–Crippen MR) is 166 cm³/mol. The van der Waals surface area contributed by atoms with Crippen LogP contribution >= 0.6 is 0 Å². The summed E-state index contributed by atoms with van der Waals surface area (Å²) in [5, 5.41) is 17.9. The van der Waals surface area contributed by atoms with Crippen LogP contribution in [0.25, 0.3) is 33.3 Å². The average molecular weight is 570 g/mol. The van der Waals surface area contributed by atoms with Crippen LogP contribution in [0.15, 0.2) is 61.6 Å². The van der Waals surface area contributed by atoms with Gasteiger partial charge >= 0.3 is 0 Å². The number of fused-ring (bicyclic) bond motifs is 2. The molecule has 3 N–H and O–H groups in total. The van der Waals surface area contributed by atoms with Crippen molar-refractivity contribution in [1.82, 2.24) is 29.0 Å². The minimum atomic E-state index is -0.335. The molecule has 0 spiro atoms. The molecule has 218 valence electrons. The Morgan fingerprint density at radius 1 is 1.10 bits per heavy atom. The van der Waals surface area contributed by atoms with E-state index in [2.05, 4.69) is 27.1 Å². The Labute approximate surface area is 243 Å². The number of anilines is 4. The molecule has 1 amide bonds. The molecule has 42 heavy (non-hydrogen) atoms. The summed E-state index contributed by atoms with van der Waals surface area (Å²) >= 11 is 0. The number of aryl methyl sites for hydroxylation is 1. The van der Waals surface area contributed by atoms with Crippen molar-refractivity contribution in [3.63, 3.8) is 0 Å². The number of aliphatic hydroxyl groups is 1. The number of aromatic nitrogens is 5. The van der Waals surface area contributed by atoms with Crippen molar-refractivity contribution < 1.29 is 14.6 Å². The number of nitrogens with zero attached hydrogens (tertiary/aromatic N) is 7. The lowest BCUT2D eigenvalue weighted by Gasteiger charge is -2.26. The number of rotatable bonds is 11. The minimum absolute atomic E-state index is 0.246. The number of likely N-dealkylation sites (N-methyl/N-ethyl adjacent to an activating group) is 2. The van der Waals surface area contributed by atoms with E-state index in [0.717, 1.165) is 40.8 Å². The number of ether oxygens (including phenoxy) is 1. The summed E-state index contributed by atoms with van der Waals surface area (Å²) in [5.41, 5.74) is 4.79. The highest BCUT2D eigenvalue weighted by molar-refractivity contribution is 6.02. The first-order valence-electron chi connectivity index (χ1n) is 13.4. The Morgan fingerprint density at radius 3 is 2.62 bits per heavy atom. The van der Waals surface area contributed by atoms with Gasteiger partial charge in [-0.15, -0.1) is 0 Å². The van der Waals surface area contributed by atoms with E-state index in [1.54, 1.807) is 30.1 Å². The molecule has 4 aromatic heterocycles. The van der Waals surface area contributed by atoms with E-state index in [4.69, 9.17) is 14.7 Å². The van der Waals surface area contributed by atoms with E-state index in [9.17, 15) is 9.90 Å². The fourth-order valence-corrected chi connectivity index (χ4v) is 4.77. The molecule has 5 rings (SSSR count). The van der Waals surface area contributed by atoms with Crippen molar-refractivity contribution in [1.29, 1.82) is 0 Å². The number of amides is 1. The zero-order chi connectivity index (χ0) is 30.0. The molecule has 0 radical (unpaired) electrons. The lowest BCUT2D eigenvalue weighted by molar-refractivity contribution is -0.111. The summed E-state index contributed by atoms with van der Waals surface area (Å²) in [7, 11) is 9.51. The van der Waals surface area contributed by atoms with Gasteiger partial charge in [-0.2, -0.15) is 4.98 Å². The highest BCUT2D eigenvalue weighted by Crippen LogP contribution is 2.39. The van der Waals surface area contributed by atoms with Gasteiger partial charge in [0.25, 0.3) is 0 Å². The summed E-state index contributed by atoms with van der Waals surface area (Å²) < 4.78 is 9.35. The second-order valence-electron chi connectivity index (χ2n) is 10.2.